The normalized spacial score (nSPS) is 10.7. The number of rotatable bonds is 1. The fourth-order valence-electron chi connectivity index (χ4n) is 0.935. The van der Waals surface area contributed by atoms with Crippen molar-refractivity contribution < 1.29 is 22.4 Å². The molecule has 0 aliphatic carbocycles. The van der Waals surface area contributed by atoms with Crippen LogP contribution in [0.2, 0.25) is 0 Å². The summed E-state index contributed by atoms with van der Waals surface area (Å²) in [6.07, 6.45) is -5.08. The van der Waals surface area contributed by atoms with Gasteiger partial charge in [0.2, 0.25) is 0 Å². The molecule has 0 aliphatic rings. The minimum Gasteiger partial charge on any atom is -0.317 e. The lowest BCUT2D eigenvalue weighted by Gasteiger charge is -2.09. The second-order valence-electron chi connectivity index (χ2n) is 2.73. The van der Waals surface area contributed by atoms with Crippen LogP contribution in [0.15, 0.2) is 18.2 Å². The van der Waals surface area contributed by atoms with Crippen molar-refractivity contribution in [3.05, 3.63) is 29.6 Å². The first-order valence-corrected chi connectivity index (χ1v) is 3.93. The minimum atomic E-state index is -5.08. The molecule has 0 spiro atoms. The molecule has 7 heteroatoms. The van der Waals surface area contributed by atoms with Gasteiger partial charge in [0.05, 0.1) is 5.69 Å². The summed E-state index contributed by atoms with van der Waals surface area (Å²) in [5.41, 5.74) is -1.15. The summed E-state index contributed by atoms with van der Waals surface area (Å²) in [7, 11) is 0. The average molecular weight is 232 g/mol. The van der Waals surface area contributed by atoms with Gasteiger partial charge < -0.3 is 5.32 Å². The van der Waals surface area contributed by atoms with Crippen molar-refractivity contribution in [2.75, 3.05) is 5.32 Å². The van der Waals surface area contributed by atoms with Gasteiger partial charge in [-0.2, -0.15) is 18.4 Å². The van der Waals surface area contributed by atoms with E-state index in [4.69, 9.17) is 5.26 Å². The summed E-state index contributed by atoms with van der Waals surface area (Å²) < 4.78 is 48.6. The zero-order chi connectivity index (χ0) is 12.3. The van der Waals surface area contributed by atoms with Crippen molar-refractivity contribution in [2.45, 2.75) is 6.18 Å². The molecule has 84 valence electrons. The average Bonchev–Trinajstić information content (AvgIpc) is 2.16. The number of nitrogens with one attached hydrogen (secondary N) is 1. The van der Waals surface area contributed by atoms with Gasteiger partial charge in [0, 0.05) is 0 Å². The highest BCUT2D eigenvalue weighted by Crippen LogP contribution is 2.22. The zero-order valence-corrected chi connectivity index (χ0v) is 7.60. The van der Waals surface area contributed by atoms with Gasteiger partial charge in [-0.05, 0) is 12.1 Å². The van der Waals surface area contributed by atoms with Crippen LogP contribution < -0.4 is 5.32 Å². The third-order valence-electron chi connectivity index (χ3n) is 1.63. The number of carbonyl (C=O) groups is 1. The van der Waals surface area contributed by atoms with Gasteiger partial charge in [0.1, 0.15) is 17.4 Å². The number of benzene rings is 1. The van der Waals surface area contributed by atoms with E-state index in [0.29, 0.717) is 0 Å². The van der Waals surface area contributed by atoms with Crippen LogP contribution in [0.25, 0.3) is 0 Å². The Hall–Kier alpha value is -2.10. The van der Waals surface area contributed by atoms with Crippen LogP contribution in [0.3, 0.4) is 0 Å². The molecule has 0 atom stereocenters. The molecule has 0 aromatic heterocycles. The number of halogens is 4. The van der Waals surface area contributed by atoms with Gasteiger partial charge in [-0.25, -0.2) is 4.39 Å². The van der Waals surface area contributed by atoms with Crippen LogP contribution in [0, 0.1) is 17.1 Å². The molecule has 0 unspecified atom stereocenters. The van der Waals surface area contributed by atoms with Crippen LogP contribution in [0.1, 0.15) is 5.56 Å². The summed E-state index contributed by atoms with van der Waals surface area (Å²) in [6, 6.07) is 4.36. The maximum atomic E-state index is 12.9. The molecule has 3 nitrogen and oxygen atoms in total. The Morgan fingerprint density at radius 1 is 1.38 bits per heavy atom. The van der Waals surface area contributed by atoms with E-state index in [9.17, 15) is 22.4 Å². The lowest BCUT2D eigenvalue weighted by Crippen LogP contribution is -2.30. The van der Waals surface area contributed by atoms with Gasteiger partial charge in [0.25, 0.3) is 0 Å². The first-order valence-electron chi connectivity index (χ1n) is 3.93. The van der Waals surface area contributed by atoms with Crippen molar-refractivity contribution in [2.24, 2.45) is 0 Å². The minimum absolute atomic E-state index is 0.509. The second-order valence-corrected chi connectivity index (χ2v) is 2.73. The highest BCUT2D eigenvalue weighted by atomic mass is 19.4. The number of nitriles is 1. The standard InChI is InChI=1S/C9H4F4N2O/c10-6-2-1-3-7(5(6)4-14)15-8(16)9(11,12)13/h1-3H,(H,15,16). The fourth-order valence-corrected chi connectivity index (χ4v) is 0.935. The molecule has 0 aliphatic heterocycles. The van der Waals surface area contributed by atoms with E-state index in [1.54, 1.807) is 0 Å². The molecule has 0 heterocycles. The molecule has 0 saturated carbocycles. The highest BCUT2D eigenvalue weighted by Gasteiger charge is 2.39. The molecule has 0 fully saturated rings. The number of hydrogen-bond acceptors (Lipinski definition) is 2. The molecule has 0 bridgehead atoms. The van der Waals surface area contributed by atoms with E-state index < -0.39 is 29.2 Å². The van der Waals surface area contributed by atoms with Crippen LogP contribution in [0.5, 0.6) is 0 Å². The van der Waals surface area contributed by atoms with Crippen molar-refractivity contribution >= 4 is 11.6 Å². The largest absolute Gasteiger partial charge is 0.471 e. The van der Waals surface area contributed by atoms with Gasteiger partial charge >= 0.3 is 12.1 Å². The molecular weight excluding hydrogens is 228 g/mol. The molecule has 0 saturated heterocycles. The molecule has 1 N–H and O–H groups in total. The summed E-state index contributed by atoms with van der Waals surface area (Å²) in [6.45, 7) is 0. The SMILES string of the molecule is N#Cc1c(F)cccc1NC(=O)C(F)(F)F. The quantitative estimate of drug-likeness (QED) is 0.754. The van der Waals surface area contributed by atoms with Crippen molar-refractivity contribution in [1.82, 2.24) is 0 Å². The molecule has 1 aromatic carbocycles. The molecule has 1 rings (SSSR count). The van der Waals surface area contributed by atoms with Gasteiger partial charge in [-0.15, -0.1) is 0 Å². The first-order chi connectivity index (χ1) is 7.36. The molecule has 0 radical (unpaired) electrons. The summed E-state index contributed by atoms with van der Waals surface area (Å²) in [5.74, 6) is -3.25. The Bertz CT molecular complexity index is 462. The lowest BCUT2D eigenvalue weighted by atomic mass is 10.2. The van der Waals surface area contributed by atoms with Crippen LogP contribution in [0.4, 0.5) is 23.2 Å². The molecule has 1 amide bonds. The summed E-state index contributed by atoms with van der Waals surface area (Å²) in [5, 5.41) is 9.91. The van der Waals surface area contributed by atoms with Gasteiger partial charge in [-0.1, -0.05) is 6.07 Å². The number of amides is 1. The van der Waals surface area contributed by atoms with E-state index in [-0.39, 0.29) is 0 Å². The zero-order valence-electron chi connectivity index (χ0n) is 7.60. The monoisotopic (exact) mass is 232 g/mol. The van der Waals surface area contributed by atoms with E-state index in [1.165, 1.54) is 11.4 Å². The van der Waals surface area contributed by atoms with E-state index in [1.807, 2.05) is 0 Å². The number of alkyl halides is 3. The number of nitrogens with zero attached hydrogens (tertiary/aromatic N) is 1. The van der Waals surface area contributed by atoms with Crippen molar-refractivity contribution in [3.8, 4) is 6.07 Å². The van der Waals surface area contributed by atoms with E-state index in [2.05, 4.69) is 0 Å². The van der Waals surface area contributed by atoms with E-state index >= 15 is 0 Å². The number of hydrogen-bond donors (Lipinski definition) is 1. The van der Waals surface area contributed by atoms with Crippen molar-refractivity contribution in [1.29, 1.82) is 5.26 Å². The third kappa shape index (κ3) is 2.48. The predicted molar refractivity (Wildman–Crippen MR) is 45.8 cm³/mol. The van der Waals surface area contributed by atoms with Crippen LogP contribution in [-0.2, 0) is 4.79 Å². The Morgan fingerprint density at radius 3 is 2.50 bits per heavy atom. The van der Waals surface area contributed by atoms with Crippen LogP contribution >= 0.6 is 0 Å². The summed E-state index contributed by atoms with van der Waals surface area (Å²) >= 11 is 0. The Labute approximate surface area is 87.3 Å². The summed E-state index contributed by atoms with van der Waals surface area (Å²) in [4.78, 5) is 10.5. The highest BCUT2D eigenvalue weighted by molar-refractivity contribution is 5.96. The Kier molecular flexibility index (Phi) is 3.13. The van der Waals surface area contributed by atoms with Gasteiger partial charge in [-0.3, -0.25) is 4.79 Å². The lowest BCUT2D eigenvalue weighted by molar-refractivity contribution is -0.167. The molecular formula is C9H4F4N2O. The third-order valence-corrected chi connectivity index (χ3v) is 1.63. The molecule has 1 aromatic rings. The van der Waals surface area contributed by atoms with Crippen molar-refractivity contribution in [3.63, 3.8) is 0 Å². The Balaban J connectivity index is 3.04. The van der Waals surface area contributed by atoms with Gasteiger partial charge in [0.15, 0.2) is 0 Å². The van der Waals surface area contributed by atoms with Crippen LogP contribution in [-0.4, -0.2) is 12.1 Å². The number of carbonyl (C=O) groups excluding carboxylic acids is 1. The Morgan fingerprint density at radius 2 is 2.00 bits per heavy atom. The molecule has 16 heavy (non-hydrogen) atoms. The fraction of sp³-hybridized carbons (Fsp3) is 0.111. The second kappa shape index (κ2) is 4.18. The smallest absolute Gasteiger partial charge is 0.317 e. The predicted octanol–water partition coefficient (Wildman–Crippen LogP) is 2.20. The maximum Gasteiger partial charge on any atom is 0.471 e. The van der Waals surface area contributed by atoms with E-state index in [0.717, 1.165) is 18.2 Å². The number of anilines is 1. The first kappa shape index (κ1) is 12.0. The topological polar surface area (TPSA) is 52.9 Å². The maximum absolute atomic E-state index is 12.9.